The molecule has 1 aliphatic carbocycles. The Morgan fingerprint density at radius 1 is 1.37 bits per heavy atom. The summed E-state index contributed by atoms with van der Waals surface area (Å²) in [6, 6.07) is 2.39. The van der Waals surface area contributed by atoms with Gasteiger partial charge in [-0.05, 0) is 50.2 Å². The lowest BCUT2D eigenvalue weighted by Gasteiger charge is -2.36. The summed E-state index contributed by atoms with van der Waals surface area (Å²) in [4.78, 5) is 12.3. The summed E-state index contributed by atoms with van der Waals surface area (Å²) < 4.78 is 0. The van der Waals surface area contributed by atoms with Gasteiger partial charge in [0.05, 0.1) is 11.3 Å². The van der Waals surface area contributed by atoms with Crippen LogP contribution in [0.1, 0.15) is 58.3 Å². The summed E-state index contributed by atoms with van der Waals surface area (Å²) in [5.74, 6) is 1.92. The number of nitrogens with zero attached hydrogens (tertiary/aromatic N) is 1. The molecule has 1 heterocycles. The SMILES string of the molecule is CCC1CCC(C#N)(NC(=O)C2CCCCS2)CC1. The van der Waals surface area contributed by atoms with Gasteiger partial charge in [-0.15, -0.1) is 11.8 Å². The van der Waals surface area contributed by atoms with Gasteiger partial charge >= 0.3 is 0 Å². The van der Waals surface area contributed by atoms with Gasteiger partial charge in [0.25, 0.3) is 0 Å². The van der Waals surface area contributed by atoms with Gasteiger partial charge in [0, 0.05) is 0 Å². The van der Waals surface area contributed by atoms with E-state index in [2.05, 4.69) is 18.3 Å². The van der Waals surface area contributed by atoms with E-state index in [1.165, 1.54) is 12.8 Å². The van der Waals surface area contributed by atoms with Crippen molar-refractivity contribution in [2.45, 2.75) is 69.1 Å². The predicted molar refractivity (Wildman–Crippen MR) is 78.8 cm³/mol. The highest BCUT2D eigenvalue weighted by Gasteiger charge is 2.38. The molecule has 0 aromatic carbocycles. The second kappa shape index (κ2) is 6.65. The molecule has 3 nitrogen and oxygen atoms in total. The number of nitrogens with one attached hydrogen (secondary N) is 1. The van der Waals surface area contributed by atoms with E-state index in [4.69, 9.17) is 0 Å². The predicted octanol–water partition coefficient (Wildman–Crippen LogP) is 3.25. The Hall–Kier alpha value is -0.690. The first-order chi connectivity index (χ1) is 9.19. The van der Waals surface area contributed by atoms with Crippen molar-refractivity contribution in [2.75, 3.05) is 5.75 Å². The summed E-state index contributed by atoms with van der Waals surface area (Å²) in [7, 11) is 0. The number of rotatable bonds is 3. The summed E-state index contributed by atoms with van der Waals surface area (Å²) in [6.45, 7) is 2.21. The highest BCUT2D eigenvalue weighted by Crippen LogP contribution is 2.34. The van der Waals surface area contributed by atoms with Crippen molar-refractivity contribution in [3.63, 3.8) is 0 Å². The minimum atomic E-state index is -0.583. The lowest BCUT2D eigenvalue weighted by molar-refractivity contribution is -0.122. The molecule has 106 valence electrons. The monoisotopic (exact) mass is 280 g/mol. The maximum atomic E-state index is 12.3. The molecule has 1 saturated heterocycles. The Bertz CT molecular complexity index is 350. The number of amides is 1. The first-order valence-corrected chi connectivity index (χ1v) is 8.59. The number of carbonyl (C=O) groups excluding carboxylic acids is 1. The smallest absolute Gasteiger partial charge is 0.234 e. The third kappa shape index (κ3) is 3.66. The minimum Gasteiger partial charge on any atom is -0.337 e. The number of thioether (sulfide) groups is 1. The van der Waals surface area contributed by atoms with Crippen LogP contribution in [0.3, 0.4) is 0 Å². The van der Waals surface area contributed by atoms with Crippen LogP contribution >= 0.6 is 11.8 Å². The van der Waals surface area contributed by atoms with Crippen LogP contribution in [0.5, 0.6) is 0 Å². The average Bonchev–Trinajstić information content (AvgIpc) is 2.49. The van der Waals surface area contributed by atoms with Gasteiger partial charge in [-0.3, -0.25) is 4.79 Å². The van der Waals surface area contributed by atoms with Crippen molar-refractivity contribution < 1.29 is 4.79 Å². The minimum absolute atomic E-state index is 0.0721. The van der Waals surface area contributed by atoms with E-state index in [9.17, 15) is 10.1 Å². The van der Waals surface area contributed by atoms with Gasteiger partial charge in [0.2, 0.25) is 5.91 Å². The molecular weight excluding hydrogens is 256 g/mol. The van der Waals surface area contributed by atoms with E-state index in [0.29, 0.717) is 0 Å². The summed E-state index contributed by atoms with van der Waals surface area (Å²) in [5, 5.41) is 12.6. The number of carbonyl (C=O) groups is 1. The topological polar surface area (TPSA) is 52.9 Å². The van der Waals surface area contributed by atoms with Crippen LogP contribution in [0.4, 0.5) is 0 Å². The van der Waals surface area contributed by atoms with Gasteiger partial charge in [-0.25, -0.2) is 0 Å². The van der Waals surface area contributed by atoms with Crippen LogP contribution < -0.4 is 5.32 Å². The molecule has 1 aliphatic heterocycles. The molecule has 0 aromatic rings. The van der Waals surface area contributed by atoms with Crippen molar-refractivity contribution in [3.05, 3.63) is 0 Å². The normalized spacial score (nSPS) is 35.4. The molecule has 0 spiro atoms. The van der Waals surface area contributed by atoms with Crippen molar-refractivity contribution in [3.8, 4) is 6.07 Å². The zero-order chi connectivity index (χ0) is 13.7. The first-order valence-electron chi connectivity index (χ1n) is 7.54. The number of hydrogen-bond donors (Lipinski definition) is 1. The molecule has 0 radical (unpaired) electrons. The zero-order valence-electron chi connectivity index (χ0n) is 11.8. The van der Waals surface area contributed by atoms with Crippen molar-refractivity contribution >= 4 is 17.7 Å². The number of nitriles is 1. The molecule has 4 heteroatoms. The van der Waals surface area contributed by atoms with E-state index in [-0.39, 0.29) is 11.2 Å². The van der Waals surface area contributed by atoms with E-state index >= 15 is 0 Å². The van der Waals surface area contributed by atoms with Crippen LogP contribution in [-0.2, 0) is 4.79 Å². The molecule has 2 aliphatic rings. The Morgan fingerprint density at radius 3 is 2.63 bits per heavy atom. The van der Waals surface area contributed by atoms with E-state index in [0.717, 1.165) is 50.2 Å². The van der Waals surface area contributed by atoms with Crippen LogP contribution in [0.15, 0.2) is 0 Å². The van der Waals surface area contributed by atoms with Crippen LogP contribution in [-0.4, -0.2) is 22.4 Å². The van der Waals surface area contributed by atoms with Crippen LogP contribution in [0, 0.1) is 17.2 Å². The molecule has 0 aromatic heterocycles. The van der Waals surface area contributed by atoms with Crippen molar-refractivity contribution in [2.24, 2.45) is 5.92 Å². The lowest BCUT2D eigenvalue weighted by Crippen LogP contribution is -2.52. The third-order valence-corrected chi connectivity index (χ3v) is 5.96. The van der Waals surface area contributed by atoms with Crippen LogP contribution in [0.2, 0.25) is 0 Å². The highest BCUT2D eigenvalue weighted by molar-refractivity contribution is 8.00. The number of hydrogen-bond acceptors (Lipinski definition) is 3. The molecule has 0 bridgehead atoms. The maximum Gasteiger partial charge on any atom is 0.234 e. The Labute approximate surface area is 120 Å². The standard InChI is InChI=1S/C15H24N2OS/c1-2-12-6-8-15(11-16,9-7-12)17-14(18)13-5-3-4-10-19-13/h12-13H,2-10H2,1H3,(H,17,18). The fourth-order valence-electron chi connectivity index (χ4n) is 3.11. The van der Waals surface area contributed by atoms with E-state index in [1.807, 2.05) is 0 Å². The largest absolute Gasteiger partial charge is 0.337 e. The second-order valence-corrected chi connectivity index (χ2v) is 7.20. The zero-order valence-corrected chi connectivity index (χ0v) is 12.6. The molecule has 2 rings (SSSR count). The maximum absolute atomic E-state index is 12.3. The van der Waals surface area contributed by atoms with Crippen LogP contribution in [0.25, 0.3) is 0 Å². The fourth-order valence-corrected chi connectivity index (χ4v) is 4.31. The molecule has 1 amide bonds. The molecule has 1 saturated carbocycles. The lowest BCUT2D eigenvalue weighted by atomic mass is 9.76. The third-order valence-electron chi connectivity index (χ3n) is 4.58. The molecule has 1 N–H and O–H groups in total. The van der Waals surface area contributed by atoms with E-state index < -0.39 is 5.54 Å². The van der Waals surface area contributed by atoms with Gasteiger partial charge in [0.1, 0.15) is 5.54 Å². The molecule has 19 heavy (non-hydrogen) atoms. The molecular formula is C15H24N2OS. The fraction of sp³-hybridized carbons (Fsp3) is 0.867. The second-order valence-electron chi connectivity index (χ2n) is 5.89. The Kier molecular flexibility index (Phi) is 5.15. The van der Waals surface area contributed by atoms with Gasteiger partial charge < -0.3 is 5.32 Å². The van der Waals surface area contributed by atoms with Gasteiger partial charge in [-0.2, -0.15) is 5.26 Å². The molecule has 1 unspecified atom stereocenters. The molecule has 1 atom stereocenters. The summed E-state index contributed by atoms with van der Waals surface area (Å²) in [5.41, 5.74) is -0.583. The van der Waals surface area contributed by atoms with Crippen molar-refractivity contribution in [1.82, 2.24) is 5.32 Å². The average molecular weight is 280 g/mol. The summed E-state index contributed by atoms with van der Waals surface area (Å²) >= 11 is 1.75. The van der Waals surface area contributed by atoms with Gasteiger partial charge in [-0.1, -0.05) is 19.8 Å². The summed E-state index contributed by atoms with van der Waals surface area (Å²) in [6.07, 6.45) is 8.31. The Balaban J connectivity index is 1.91. The van der Waals surface area contributed by atoms with Gasteiger partial charge in [0.15, 0.2) is 0 Å². The van der Waals surface area contributed by atoms with Crippen molar-refractivity contribution in [1.29, 1.82) is 5.26 Å². The Morgan fingerprint density at radius 2 is 2.11 bits per heavy atom. The first kappa shape index (κ1) is 14.7. The highest BCUT2D eigenvalue weighted by atomic mass is 32.2. The van der Waals surface area contributed by atoms with E-state index in [1.54, 1.807) is 11.8 Å². The quantitative estimate of drug-likeness (QED) is 0.863. The molecule has 2 fully saturated rings.